The second-order valence-electron chi connectivity index (χ2n) is 6.70. The molecule has 0 saturated carbocycles. The third-order valence-corrected chi connectivity index (χ3v) is 5.01. The summed E-state index contributed by atoms with van der Waals surface area (Å²) in [5.74, 6) is 1.03. The zero-order valence-corrected chi connectivity index (χ0v) is 13.7. The number of ketones is 1. The average molecular weight is 302 g/mol. The van der Waals surface area contributed by atoms with Gasteiger partial charge in [0, 0.05) is 30.8 Å². The van der Waals surface area contributed by atoms with Crippen LogP contribution < -0.4 is 10.1 Å². The van der Waals surface area contributed by atoms with Gasteiger partial charge in [0.15, 0.2) is 5.78 Å². The van der Waals surface area contributed by atoms with Gasteiger partial charge in [-0.15, -0.1) is 0 Å². The summed E-state index contributed by atoms with van der Waals surface area (Å²) < 4.78 is 5.75. The third kappa shape index (κ3) is 3.18. The maximum atomic E-state index is 11.6. The number of carbonyl (C=O) groups excluding carboxylic acids is 1. The molecule has 1 atom stereocenters. The second kappa shape index (κ2) is 6.39. The van der Waals surface area contributed by atoms with Gasteiger partial charge in [0.1, 0.15) is 5.75 Å². The highest BCUT2D eigenvalue weighted by Gasteiger charge is 2.40. The van der Waals surface area contributed by atoms with E-state index in [0.29, 0.717) is 12.0 Å². The van der Waals surface area contributed by atoms with Gasteiger partial charge in [-0.3, -0.25) is 9.69 Å². The lowest BCUT2D eigenvalue weighted by Gasteiger charge is -2.23. The molecule has 120 valence electrons. The summed E-state index contributed by atoms with van der Waals surface area (Å²) in [6.07, 6.45) is 2.56. The van der Waals surface area contributed by atoms with Crippen LogP contribution in [0.2, 0.25) is 0 Å². The van der Waals surface area contributed by atoms with Crippen LogP contribution in [0.25, 0.3) is 0 Å². The molecule has 1 aromatic carbocycles. The lowest BCUT2D eigenvalue weighted by atomic mass is 9.86. The molecule has 1 spiro atoms. The van der Waals surface area contributed by atoms with Crippen molar-refractivity contribution in [2.24, 2.45) is 5.41 Å². The Bertz CT molecular complexity index is 550. The Morgan fingerprint density at radius 1 is 1.41 bits per heavy atom. The fourth-order valence-corrected chi connectivity index (χ4v) is 3.77. The molecule has 2 heterocycles. The summed E-state index contributed by atoms with van der Waals surface area (Å²) >= 11 is 0. The maximum absolute atomic E-state index is 11.6. The van der Waals surface area contributed by atoms with Crippen molar-refractivity contribution in [2.45, 2.75) is 33.2 Å². The van der Waals surface area contributed by atoms with Gasteiger partial charge in [-0.2, -0.15) is 0 Å². The molecule has 0 aromatic heterocycles. The Morgan fingerprint density at radius 3 is 2.95 bits per heavy atom. The molecule has 0 bridgehead atoms. The molecule has 4 heteroatoms. The van der Waals surface area contributed by atoms with E-state index in [2.05, 4.69) is 10.2 Å². The first-order valence-corrected chi connectivity index (χ1v) is 8.32. The van der Waals surface area contributed by atoms with Gasteiger partial charge in [-0.05, 0) is 63.4 Å². The molecule has 0 aliphatic carbocycles. The summed E-state index contributed by atoms with van der Waals surface area (Å²) in [6.45, 7) is 9.73. The molecule has 2 saturated heterocycles. The number of Topliss-reactive ketones (excluding diaryl/α,β-unsaturated/α-hetero) is 1. The van der Waals surface area contributed by atoms with Crippen LogP contribution in [0, 0.1) is 5.41 Å². The van der Waals surface area contributed by atoms with Gasteiger partial charge in [-0.25, -0.2) is 0 Å². The summed E-state index contributed by atoms with van der Waals surface area (Å²) in [5.41, 5.74) is 2.39. The molecule has 3 rings (SSSR count). The first-order valence-electron chi connectivity index (χ1n) is 8.32. The highest BCUT2D eigenvalue weighted by atomic mass is 16.5. The number of carbonyl (C=O) groups is 1. The smallest absolute Gasteiger partial charge is 0.159 e. The summed E-state index contributed by atoms with van der Waals surface area (Å²) in [6, 6.07) is 5.81. The average Bonchev–Trinajstić information content (AvgIpc) is 3.11. The van der Waals surface area contributed by atoms with Crippen LogP contribution in [-0.2, 0) is 6.54 Å². The number of rotatable bonds is 5. The molecule has 1 aromatic rings. The van der Waals surface area contributed by atoms with E-state index < -0.39 is 0 Å². The van der Waals surface area contributed by atoms with Crippen molar-refractivity contribution >= 4 is 5.78 Å². The monoisotopic (exact) mass is 302 g/mol. The van der Waals surface area contributed by atoms with Crippen molar-refractivity contribution in [1.29, 1.82) is 0 Å². The van der Waals surface area contributed by atoms with E-state index in [-0.39, 0.29) is 5.78 Å². The Labute approximate surface area is 132 Å². The van der Waals surface area contributed by atoms with Crippen LogP contribution >= 0.6 is 0 Å². The van der Waals surface area contributed by atoms with Crippen molar-refractivity contribution in [2.75, 3.05) is 32.8 Å². The molecule has 1 N–H and O–H groups in total. The summed E-state index contributed by atoms with van der Waals surface area (Å²) in [5, 5.41) is 3.50. The van der Waals surface area contributed by atoms with Crippen LogP contribution in [0.4, 0.5) is 0 Å². The van der Waals surface area contributed by atoms with Crippen LogP contribution in [0.15, 0.2) is 18.2 Å². The SMILES string of the molecule is CCOc1ccc(C(C)=O)cc1CN1CCC2(CCNC2)C1. The zero-order valence-electron chi connectivity index (χ0n) is 13.7. The molecule has 2 aliphatic heterocycles. The largest absolute Gasteiger partial charge is 0.494 e. The molecular formula is C18H26N2O2. The van der Waals surface area contributed by atoms with Gasteiger partial charge in [0.05, 0.1) is 6.61 Å². The molecule has 1 unspecified atom stereocenters. The Kier molecular flexibility index (Phi) is 4.50. The van der Waals surface area contributed by atoms with Gasteiger partial charge in [0.25, 0.3) is 0 Å². The van der Waals surface area contributed by atoms with Crippen molar-refractivity contribution in [3.8, 4) is 5.75 Å². The third-order valence-electron chi connectivity index (χ3n) is 5.01. The van der Waals surface area contributed by atoms with E-state index in [4.69, 9.17) is 4.74 Å². The maximum Gasteiger partial charge on any atom is 0.159 e. The molecule has 0 amide bonds. The second-order valence-corrected chi connectivity index (χ2v) is 6.70. The summed E-state index contributed by atoms with van der Waals surface area (Å²) in [4.78, 5) is 14.2. The van der Waals surface area contributed by atoms with E-state index >= 15 is 0 Å². The normalized spacial score (nSPS) is 25.0. The van der Waals surface area contributed by atoms with E-state index in [1.54, 1.807) is 6.92 Å². The van der Waals surface area contributed by atoms with Gasteiger partial charge < -0.3 is 10.1 Å². The number of likely N-dealkylation sites (tertiary alicyclic amines) is 1. The number of ether oxygens (including phenoxy) is 1. The minimum Gasteiger partial charge on any atom is -0.494 e. The predicted molar refractivity (Wildman–Crippen MR) is 87.4 cm³/mol. The standard InChI is InChI=1S/C18H26N2O2/c1-3-22-17-5-4-15(14(2)21)10-16(17)11-20-9-7-18(13-20)6-8-19-12-18/h4-5,10,19H,3,6-9,11-13H2,1-2H3. The quantitative estimate of drug-likeness (QED) is 0.849. The number of hydrogen-bond donors (Lipinski definition) is 1. The molecule has 2 aliphatic rings. The van der Waals surface area contributed by atoms with Gasteiger partial charge in [-0.1, -0.05) is 0 Å². The van der Waals surface area contributed by atoms with E-state index in [9.17, 15) is 4.79 Å². The lowest BCUT2D eigenvalue weighted by Crippen LogP contribution is -2.29. The fraction of sp³-hybridized carbons (Fsp3) is 0.611. The molecule has 4 nitrogen and oxygen atoms in total. The van der Waals surface area contributed by atoms with Crippen molar-refractivity contribution in [3.63, 3.8) is 0 Å². The molecule has 0 radical (unpaired) electrons. The Balaban J connectivity index is 1.75. The number of benzene rings is 1. The first kappa shape index (κ1) is 15.5. The van der Waals surface area contributed by atoms with Crippen LogP contribution in [0.3, 0.4) is 0 Å². The van der Waals surface area contributed by atoms with Gasteiger partial charge >= 0.3 is 0 Å². The topological polar surface area (TPSA) is 41.6 Å². The van der Waals surface area contributed by atoms with Crippen LogP contribution in [0.5, 0.6) is 5.75 Å². The van der Waals surface area contributed by atoms with Gasteiger partial charge in [0.2, 0.25) is 0 Å². The minimum atomic E-state index is 0.113. The van der Waals surface area contributed by atoms with E-state index in [1.807, 2.05) is 25.1 Å². The molecule has 22 heavy (non-hydrogen) atoms. The van der Waals surface area contributed by atoms with Crippen molar-refractivity contribution in [3.05, 3.63) is 29.3 Å². The fourth-order valence-electron chi connectivity index (χ4n) is 3.77. The first-order chi connectivity index (χ1) is 10.6. The zero-order chi connectivity index (χ0) is 15.6. The van der Waals surface area contributed by atoms with E-state index in [0.717, 1.165) is 49.6 Å². The lowest BCUT2D eigenvalue weighted by molar-refractivity contribution is 0.101. The van der Waals surface area contributed by atoms with Crippen molar-refractivity contribution < 1.29 is 9.53 Å². The van der Waals surface area contributed by atoms with Crippen molar-refractivity contribution in [1.82, 2.24) is 10.2 Å². The summed E-state index contributed by atoms with van der Waals surface area (Å²) in [7, 11) is 0. The number of nitrogens with zero attached hydrogens (tertiary/aromatic N) is 1. The Hall–Kier alpha value is -1.39. The number of hydrogen-bond acceptors (Lipinski definition) is 4. The highest BCUT2D eigenvalue weighted by molar-refractivity contribution is 5.94. The van der Waals surface area contributed by atoms with E-state index in [1.165, 1.54) is 12.8 Å². The van der Waals surface area contributed by atoms with Crippen LogP contribution in [-0.4, -0.2) is 43.5 Å². The van der Waals surface area contributed by atoms with Crippen LogP contribution in [0.1, 0.15) is 42.6 Å². The number of nitrogens with one attached hydrogen (secondary N) is 1. The minimum absolute atomic E-state index is 0.113. The molecular weight excluding hydrogens is 276 g/mol. The molecule has 2 fully saturated rings. The predicted octanol–water partition coefficient (Wildman–Crippen LogP) is 2.47. The highest BCUT2D eigenvalue weighted by Crippen LogP contribution is 2.37. The Morgan fingerprint density at radius 2 is 2.27 bits per heavy atom.